The van der Waals surface area contributed by atoms with Crippen LogP contribution in [-0.4, -0.2) is 17.9 Å². The molecule has 0 aliphatic carbocycles. The first kappa shape index (κ1) is 14.9. The number of rotatable bonds is 4. The van der Waals surface area contributed by atoms with Gasteiger partial charge in [-0.3, -0.25) is 9.59 Å². The number of carbonyl (C=O) groups is 2. The number of anilines is 1. The Morgan fingerprint density at radius 3 is 2.37 bits per heavy atom. The van der Waals surface area contributed by atoms with Crippen molar-refractivity contribution in [1.29, 1.82) is 0 Å². The van der Waals surface area contributed by atoms with E-state index in [9.17, 15) is 14.0 Å². The number of nitrogen functional groups attached to an aromatic ring is 1. The molecule has 0 saturated heterocycles. The van der Waals surface area contributed by atoms with E-state index in [0.29, 0.717) is 0 Å². The minimum atomic E-state index is -0.853. The standard InChI is InChI=1S/C13H18FN3O2/c1-6(2)11(12(16)18)17-13(19)9-5-8(15)4-7(3)10(9)14/h4-6,11H,15H2,1-3H3,(H2,16,18)(H,17,19). The smallest absolute Gasteiger partial charge is 0.255 e. The van der Waals surface area contributed by atoms with Crippen molar-refractivity contribution >= 4 is 17.5 Å². The Morgan fingerprint density at radius 2 is 1.89 bits per heavy atom. The summed E-state index contributed by atoms with van der Waals surface area (Å²) in [5, 5.41) is 2.42. The molecule has 0 aliphatic heterocycles. The molecule has 0 fully saturated rings. The van der Waals surface area contributed by atoms with Crippen molar-refractivity contribution < 1.29 is 14.0 Å². The van der Waals surface area contributed by atoms with Crippen LogP contribution in [0.2, 0.25) is 0 Å². The highest BCUT2D eigenvalue weighted by molar-refractivity contribution is 5.98. The van der Waals surface area contributed by atoms with Crippen LogP contribution < -0.4 is 16.8 Å². The molecular weight excluding hydrogens is 249 g/mol. The summed E-state index contributed by atoms with van der Waals surface area (Å²) in [6.07, 6.45) is 0. The second kappa shape index (κ2) is 5.69. The molecule has 0 radical (unpaired) electrons. The van der Waals surface area contributed by atoms with Crippen LogP contribution in [0.25, 0.3) is 0 Å². The molecule has 19 heavy (non-hydrogen) atoms. The van der Waals surface area contributed by atoms with E-state index in [1.165, 1.54) is 19.1 Å². The zero-order valence-corrected chi connectivity index (χ0v) is 11.2. The molecule has 5 N–H and O–H groups in total. The maximum atomic E-state index is 13.9. The van der Waals surface area contributed by atoms with Crippen LogP contribution in [0.1, 0.15) is 29.8 Å². The van der Waals surface area contributed by atoms with Gasteiger partial charge < -0.3 is 16.8 Å². The predicted octanol–water partition coefficient (Wildman–Crippen LogP) is 0.956. The fraction of sp³-hybridized carbons (Fsp3) is 0.385. The molecule has 0 aliphatic rings. The van der Waals surface area contributed by atoms with E-state index in [1.54, 1.807) is 13.8 Å². The number of amides is 2. The lowest BCUT2D eigenvalue weighted by Crippen LogP contribution is -2.47. The summed E-state index contributed by atoms with van der Waals surface area (Å²) >= 11 is 0. The summed E-state index contributed by atoms with van der Waals surface area (Å²) in [5.74, 6) is -2.21. The molecule has 0 heterocycles. The number of carbonyl (C=O) groups excluding carboxylic acids is 2. The van der Waals surface area contributed by atoms with Crippen LogP contribution in [0.4, 0.5) is 10.1 Å². The third-order valence-electron chi connectivity index (χ3n) is 2.78. The maximum Gasteiger partial charge on any atom is 0.255 e. The molecule has 104 valence electrons. The lowest BCUT2D eigenvalue weighted by Gasteiger charge is -2.19. The summed E-state index contributed by atoms with van der Waals surface area (Å²) in [6.45, 7) is 4.98. The van der Waals surface area contributed by atoms with E-state index >= 15 is 0 Å². The Morgan fingerprint density at radius 1 is 1.32 bits per heavy atom. The minimum Gasteiger partial charge on any atom is -0.399 e. The van der Waals surface area contributed by atoms with Gasteiger partial charge in [0, 0.05) is 5.69 Å². The fourth-order valence-electron chi connectivity index (χ4n) is 1.75. The van der Waals surface area contributed by atoms with E-state index in [2.05, 4.69) is 5.32 Å². The van der Waals surface area contributed by atoms with Crippen molar-refractivity contribution in [2.75, 3.05) is 5.73 Å². The molecule has 0 spiro atoms. The van der Waals surface area contributed by atoms with E-state index < -0.39 is 23.7 Å². The Kier molecular flexibility index (Phi) is 4.47. The second-order valence-corrected chi connectivity index (χ2v) is 4.80. The molecule has 1 aromatic carbocycles. The zero-order chi connectivity index (χ0) is 14.7. The quantitative estimate of drug-likeness (QED) is 0.708. The molecule has 6 heteroatoms. The van der Waals surface area contributed by atoms with Crippen LogP contribution in [0.3, 0.4) is 0 Å². The number of hydrogen-bond donors (Lipinski definition) is 3. The van der Waals surface area contributed by atoms with E-state index in [0.717, 1.165) is 0 Å². The van der Waals surface area contributed by atoms with Crippen LogP contribution in [0, 0.1) is 18.7 Å². The van der Waals surface area contributed by atoms with Crippen LogP contribution >= 0.6 is 0 Å². The van der Waals surface area contributed by atoms with Crippen molar-refractivity contribution in [3.05, 3.63) is 29.1 Å². The Balaban J connectivity index is 3.04. The van der Waals surface area contributed by atoms with Gasteiger partial charge in [0.25, 0.3) is 5.91 Å². The molecule has 0 saturated carbocycles. The second-order valence-electron chi connectivity index (χ2n) is 4.80. The number of nitrogens with two attached hydrogens (primary N) is 2. The average Bonchev–Trinajstić information content (AvgIpc) is 2.29. The SMILES string of the molecule is Cc1cc(N)cc(C(=O)NC(C(N)=O)C(C)C)c1F. The minimum absolute atomic E-state index is 0.188. The number of aryl methyl sites for hydroxylation is 1. The van der Waals surface area contributed by atoms with Crippen molar-refractivity contribution in [3.8, 4) is 0 Å². The van der Waals surface area contributed by atoms with Gasteiger partial charge >= 0.3 is 0 Å². The summed E-state index contributed by atoms with van der Waals surface area (Å²) in [4.78, 5) is 23.2. The van der Waals surface area contributed by atoms with Crippen molar-refractivity contribution in [1.82, 2.24) is 5.32 Å². The number of benzene rings is 1. The number of primary amides is 1. The number of hydrogen-bond acceptors (Lipinski definition) is 3. The van der Waals surface area contributed by atoms with Crippen LogP contribution in [-0.2, 0) is 4.79 Å². The third-order valence-corrected chi connectivity index (χ3v) is 2.78. The highest BCUT2D eigenvalue weighted by Gasteiger charge is 2.24. The van der Waals surface area contributed by atoms with Gasteiger partial charge in [-0.1, -0.05) is 13.8 Å². The van der Waals surface area contributed by atoms with Crippen molar-refractivity contribution in [2.45, 2.75) is 26.8 Å². The van der Waals surface area contributed by atoms with Crippen molar-refractivity contribution in [2.24, 2.45) is 11.7 Å². The maximum absolute atomic E-state index is 13.9. The van der Waals surface area contributed by atoms with Gasteiger partial charge in [0.2, 0.25) is 5.91 Å². The average molecular weight is 267 g/mol. The predicted molar refractivity (Wildman–Crippen MR) is 70.8 cm³/mol. The zero-order valence-electron chi connectivity index (χ0n) is 11.2. The molecule has 0 bridgehead atoms. The summed E-state index contributed by atoms with van der Waals surface area (Å²) in [6, 6.07) is 1.81. The first-order chi connectivity index (χ1) is 8.73. The van der Waals surface area contributed by atoms with Crippen LogP contribution in [0.5, 0.6) is 0 Å². The van der Waals surface area contributed by atoms with Crippen LogP contribution in [0.15, 0.2) is 12.1 Å². The lowest BCUT2D eigenvalue weighted by atomic mass is 10.0. The molecule has 0 aromatic heterocycles. The van der Waals surface area contributed by atoms with Gasteiger partial charge in [-0.2, -0.15) is 0 Å². The Bertz CT molecular complexity index is 515. The van der Waals surface area contributed by atoms with Gasteiger partial charge in [0.1, 0.15) is 11.9 Å². The normalized spacial score (nSPS) is 12.3. The number of halogens is 1. The summed E-state index contributed by atoms with van der Waals surface area (Å²) < 4.78 is 13.9. The Hall–Kier alpha value is -2.11. The molecule has 5 nitrogen and oxygen atoms in total. The molecule has 1 unspecified atom stereocenters. The largest absolute Gasteiger partial charge is 0.399 e. The molecule has 1 rings (SSSR count). The lowest BCUT2D eigenvalue weighted by molar-refractivity contribution is -0.120. The third kappa shape index (κ3) is 3.43. The van der Waals surface area contributed by atoms with Gasteiger partial charge in [0.05, 0.1) is 5.56 Å². The molecule has 2 amide bonds. The van der Waals surface area contributed by atoms with Gasteiger partial charge in [-0.05, 0) is 30.5 Å². The topological polar surface area (TPSA) is 98.2 Å². The first-order valence-corrected chi connectivity index (χ1v) is 5.89. The van der Waals surface area contributed by atoms with E-state index in [1.807, 2.05) is 0 Å². The Labute approximate surface area is 111 Å². The van der Waals surface area contributed by atoms with Gasteiger partial charge in [0.15, 0.2) is 0 Å². The van der Waals surface area contributed by atoms with E-state index in [4.69, 9.17) is 11.5 Å². The number of nitrogens with one attached hydrogen (secondary N) is 1. The first-order valence-electron chi connectivity index (χ1n) is 5.89. The highest BCUT2D eigenvalue weighted by Crippen LogP contribution is 2.17. The summed E-state index contributed by atoms with van der Waals surface area (Å²) in [5.41, 5.74) is 11.1. The highest BCUT2D eigenvalue weighted by atomic mass is 19.1. The van der Waals surface area contributed by atoms with Gasteiger partial charge in [-0.25, -0.2) is 4.39 Å². The van der Waals surface area contributed by atoms with E-state index in [-0.39, 0.29) is 22.7 Å². The molecule has 1 atom stereocenters. The van der Waals surface area contributed by atoms with Gasteiger partial charge in [-0.15, -0.1) is 0 Å². The fourth-order valence-corrected chi connectivity index (χ4v) is 1.75. The summed E-state index contributed by atoms with van der Waals surface area (Å²) in [7, 11) is 0. The molecule has 1 aromatic rings. The van der Waals surface area contributed by atoms with Crippen molar-refractivity contribution in [3.63, 3.8) is 0 Å². The molecular formula is C13H18FN3O2. The monoisotopic (exact) mass is 267 g/mol.